The molecule has 0 radical (unpaired) electrons. The molecule has 1 heterocycles. The Morgan fingerprint density at radius 1 is 1.37 bits per heavy atom. The van der Waals surface area contributed by atoms with Crippen molar-refractivity contribution in [3.8, 4) is 0 Å². The molecular formula is C14H22N2O2S. The summed E-state index contributed by atoms with van der Waals surface area (Å²) in [5.74, 6) is 0.264. The first-order valence-electron chi connectivity index (χ1n) is 6.88. The Morgan fingerprint density at radius 2 is 2.16 bits per heavy atom. The third-order valence-electron chi connectivity index (χ3n) is 3.52. The van der Waals surface area contributed by atoms with E-state index in [0.717, 1.165) is 30.6 Å². The number of nitrogens with zero attached hydrogens (tertiary/aromatic N) is 1. The van der Waals surface area contributed by atoms with Crippen molar-refractivity contribution < 1.29 is 8.42 Å². The van der Waals surface area contributed by atoms with E-state index in [9.17, 15) is 8.42 Å². The van der Waals surface area contributed by atoms with E-state index in [1.807, 2.05) is 24.3 Å². The van der Waals surface area contributed by atoms with E-state index in [0.29, 0.717) is 6.54 Å². The third kappa shape index (κ3) is 3.28. The van der Waals surface area contributed by atoms with Gasteiger partial charge in [-0.3, -0.25) is 4.31 Å². The van der Waals surface area contributed by atoms with Crippen LogP contribution in [0.4, 0.5) is 5.69 Å². The number of nitrogens with one attached hydrogen (secondary N) is 1. The summed E-state index contributed by atoms with van der Waals surface area (Å²) in [5.41, 5.74) is 1.92. The number of hydrogen-bond donors (Lipinski definition) is 1. The summed E-state index contributed by atoms with van der Waals surface area (Å²) in [6, 6.07) is 8.06. The van der Waals surface area contributed by atoms with Crippen LogP contribution in [-0.4, -0.2) is 27.3 Å². The van der Waals surface area contributed by atoms with Gasteiger partial charge in [0.25, 0.3) is 0 Å². The van der Waals surface area contributed by atoms with Gasteiger partial charge >= 0.3 is 0 Å². The zero-order valence-corrected chi connectivity index (χ0v) is 12.4. The Kier molecular flexibility index (Phi) is 4.47. The van der Waals surface area contributed by atoms with Gasteiger partial charge in [-0.05, 0) is 44.0 Å². The fourth-order valence-electron chi connectivity index (χ4n) is 2.45. The standard InChI is InChI=1S/C14H22N2O2S/c1-3-15-12(2)13-7-6-8-14(11-13)16-9-4-5-10-19(16,17)18/h6-8,11-12,15H,3-5,9-10H2,1-2H3. The Labute approximate surface area is 115 Å². The summed E-state index contributed by atoms with van der Waals surface area (Å²) in [5, 5.41) is 3.34. The summed E-state index contributed by atoms with van der Waals surface area (Å²) >= 11 is 0. The van der Waals surface area contributed by atoms with E-state index in [1.165, 1.54) is 0 Å². The molecule has 1 aromatic rings. The lowest BCUT2D eigenvalue weighted by Gasteiger charge is -2.29. The topological polar surface area (TPSA) is 49.4 Å². The summed E-state index contributed by atoms with van der Waals surface area (Å²) < 4.78 is 25.8. The molecule has 19 heavy (non-hydrogen) atoms. The summed E-state index contributed by atoms with van der Waals surface area (Å²) in [6.07, 6.45) is 1.71. The van der Waals surface area contributed by atoms with Gasteiger partial charge in [0.2, 0.25) is 10.0 Å². The van der Waals surface area contributed by atoms with Gasteiger partial charge in [0.05, 0.1) is 11.4 Å². The third-order valence-corrected chi connectivity index (χ3v) is 5.39. The Bertz CT molecular complexity index is 528. The molecule has 1 aliphatic rings. The summed E-state index contributed by atoms with van der Waals surface area (Å²) in [7, 11) is -3.12. The van der Waals surface area contributed by atoms with E-state index >= 15 is 0 Å². The molecule has 0 saturated carbocycles. The van der Waals surface area contributed by atoms with Crippen LogP contribution in [0.2, 0.25) is 0 Å². The molecule has 0 spiro atoms. The van der Waals surface area contributed by atoms with Crippen LogP contribution in [0.15, 0.2) is 24.3 Å². The molecule has 0 bridgehead atoms. The van der Waals surface area contributed by atoms with E-state index in [2.05, 4.69) is 19.2 Å². The molecule has 1 unspecified atom stereocenters. The van der Waals surface area contributed by atoms with Crippen LogP contribution in [0.5, 0.6) is 0 Å². The number of anilines is 1. The normalized spacial score (nSPS) is 20.2. The van der Waals surface area contributed by atoms with Gasteiger partial charge in [-0.25, -0.2) is 8.42 Å². The van der Waals surface area contributed by atoms with Crippen molar-refractivity contribution in [2.75, 3.05) is 23.1 Å². The molecule has 1 atom stereocenters. The van der Waals surface area contributed by atoms with Crippen molar-refractivity contribution >= 4 is 15.7 Å². The highest BCUT2D eigenvalue weighted by atomic mass is 32.2. The Hall–Kier alpha value is -1.07. The number of rotatable bonds is 4. The quantitative estimate of drug-likeness (QED) is 0.922. The van der Waals surface area contributed by atoms with Crippen LogP contribution < -0.4 is 9.62 Å². The lowest BCUT2D eigenvalue weighted by molar-refractivity contribution is 0.574. The van der Waals surface area contributed by atoms with Crippen molar-refractivity contribution in [2.24, 2.45) is 0 Å². The van der Waals surface area contributed by atoms with E-state index in [1.54, 1.807) is 4.31 Å². The highest BCUT2D eigenvalue weighted by Gasteiger charge is 2.26. The molecule has 106 valence electrons. The van der Waals surface area contributed by atoms with Crippen molar-refractivity contribution in [1.82, 2.24) is 5.32 Å². The van der Waals surface area contributed by atoms with Gasteiger partial charge < -0.3 is 5.32 Å². The first kappa shape index (κ1) is 14.3. The minimum atomic E-state index is -3.12. The molecule has 1 aliphatic heterocycles. The SMILES string of the molecule is CCNC(C)c1cccc(N2CCCCS2(=O)=O)c1. The minimum Gasteiger partial charge on any atom is -0.310 e. The van der Waals surface area contributed by atoms with Gasteiger partial charge in [0, 0.05) is 12.6 Å². The molecule has 0 amide bonds. The van der Waals surface area contributed by atoms with Crippen molar-refractivity contribution in [3.63, 3.8) is 0 Å². The zero-order chi connectivity index (χ0) is 13.9. The van der Waals surface area contributed by atoms with Crippen molar-refractivity contribution in [1.29, 1.82) is 0 Å². The lowest BCUT2D eigenvalue weighted by atomic mass is 10.1. The second-order valence-corrected chi connectivity index (χ2v) is 6.98. The molecule has 1 saturated heterocycles. The second kappa shape index (κ2) is 5.92. The highest BCUT2D eigenvalue weighted by Crippen LogP contribution is 2.26. The molecule has 4 nitrogen and oxygen atoms in total. The molecule has 5 heteroatoms. The smallest absolute Gasteiger partial charge is 0.235 e. The zero-order valence-electron chi connectivity index (χ0n) is 11.6. The van der Waals surface area contributed by atoms with Crippen LogP contribution in [-0.2, 0) is 10.0 Å². The second-order valence-electron chi connectivity index (χ2n) is 4.97. The molecule has 0 aromatic heterocycles. The molecule has 1 aromatic carbocycles. The Balaban J connectivity index is 2.27. The predicted molar refractivity (Wildman–Crippen MR) is 78.9 cm³/mol. The van der Waals surface area contributed by atoms with Crippen LogP contribution >= 0.6 is 0 Å². The van der Waals surface area contributed by atoms with Crippen molar-refractivity contribution in [2.45, 2.75) is 32.7 Å². The van der Waals surface area contributed by atoms with Crippen LogP contribution in [0.1, 0.15) is 38.3 Å². The van der Waals surface area contributed by atoms with Crippen LogP contribution in [0.25, 0.3) is 0 Å². The average Bonchev–Trinajstić information content (AvgIpc) is 2.38. The molecular weight excluding hydrogens is 260 g/mol. The average molecular weight is 282 g/mol. The molecule has 2 rings (SSSR count). The predicted octanol–water partition coefficient (Wildman–Crippen LogP) is 2.29. The van der Waals surface area contributed by atoms with E-state index in [4.69, 9.17) is 0 Å². The molecule has 0 aliphatic carbocycles. The fourth-order valence-corrected chi connectivity index (χ4v) is 4.08. The maximum Gasteiger partial charge on any atom is 0.235 e. The number of sulfonamides is 1. The summed E-state index contributed by atoms with van der Waals surface area (Å²) in [6.45, 7) is 5.65. The monoisotopic (exact) mass is 282 g/mol. The fraction of sp³-hybridized carbons (Fsp3) is 0.571. The van der Waals surface area contributed by atoms with Gasteiger partial charge in [0.15, 0.2) is 0 Å². The first-order valence-corrected chi connectivity index (χ1v) is 8.49. The van der Waals surface area contributed by atoms with Crippen LogP contribution in [0, 0.1) is 0 Å². The van der Waals surface area contributed by atoms with Gasteiger partial charge in [-0.1, -0.05) is 19.1 Å². The van der Waals surface area contributed by atoms with Gasteiger partial charge in [-0.15, -0.1) is 0 Å². The largest absolute Gasteiger partial charge is 0.310 e. The molecule has 1 N–H and O–H groups in total. The lowest BCUT2D eigenvalue weighted by Crippen LogP contribution is -2.37. The first-order chi connectivity index (χ1) is 9.04. The number of benzene rings is 1. The van der Waals surface area contributed by atoms with Gasteiger partial charge in [-0.2, -0.15) is 0 Å². The number of hydrogen-bond acceptors (Lipinski definition) is 3. The summed E-state index contributed by atoms with van der Waals surface area (Å²) in [4.78, 5) is 0. The van der Waals surface area contributed by atoms with Gasteiger partial charge in [0.1, 0.15) is 0 Å². The van der Waals surface area contributed by atoms with Crippen LogP contribution in [0.3, 0.4) is 0 Å². The van der Waals surface area contributed by atoms with E-state index in [-0.39, 0.29) is 11.8 Å². The van der Waals surface area contributed by atoms with Crippen molar-refractivity contribution in [3.05, 3.63) is 29.8 Å². The Morgan fingerprint density at radius 3 is 2.84 bits per heavy atom. The molecule has 1 fully saturated rings. The van der Waals surface area contributed by atoms with E-state index < -0.39 is 10.0 Å². The maximum absolute atomic E-state index is 12.1. The highest BCUT2D eigenvalue weighted by molar-refractivity contribution is 7.92. The maximum atomic E-state index is 12.1. The minimum absolute atomic E-state index is 0.234.